The van der Waals surface area contributed by atoms with Crippen molar-refractivity contribution in [1.29, 1.82) is 0 Å². The number of fused-ring (bicyclic) bond motifs is 1. The normalized spacial score (nSPS) is 15.1. The summed E-state index contributed by atoms with van der Waals surface area (Å²) >= 11 is 0. The molecule has 0 amide bonds. The van der Waals surface area contributed by atoms with E-state index in [0.29, 0.717) is 12.0 Å². The number of aromatic nitrogens is 2. The van der Waals surface area contributed by atoms with Crippen LogP contribution in [0.2, 0.25) is 0 Å². The lowest BCUT2D eigenvalue weighted by Gasteiger charge is -2.24. The van der Waals surface area contributed by atoms with Crippen molar-refractivity contribution < 1.29 is 9.47 Å². The monoisotopic (exact) mass is 390 g/mol. The minimum atomic E-state index is 0.377. The van der Waals surface area contributed by atoms with Gasteiger partial charge >= 0.3 is 0 Å². The van der Waals surface area contributed by atoms with Crippen molar-refractivity contribution in [3.8, 4) is 11.5 Å². The summed E-state index contributed by atoms with van der Waals surface area (Å²) in [6.07, 6.45) is 3.67. The summed E-state index contributed by atoms with van der Waals surface area (Å²) in [6, 6.07) is 16.8. The van der Waals surface area contributed by atoms with Crippen molar-refractivity contribution in [2.75, 3.05) is 31.0 Å². The number of hydrogen-bond acceptors (Lipinski definition) is 6. The van der Waals surface area contributed by atoms with Gasteiger partial charge in [-0.2, -0.15) is 4.98 Å². The average Bonchev–Trinajstić information content (AvgIpc) is 3.09. The largest absolute Gasteiger partial charge is 0.493 e. The van der Waals surface area contributed by atoms with Crippen molar-refractivity contribution in [2.45, 2.75) is 25.8 Å². The van der Waals surface area contributed by atoms with Gasteiger partial charge in [-0.25, -0.2) is 4.98 Å². The number of benzene rings is 2. The smallest absolute Gasteiger partial charge is 0.224 e. The summed E-state index contributed by atoms with van der Waals surface area (Å²) in [5.74, 6) is 3.04. The lowest BCUT2D eigenvalue weighted by Crippen LogP contribution is -2.25. The Labute approximate surface area is 171 Å². The van der Waals surface area contributed by atoms with Gasteiger partial charge in [0.2, 0.25) is 5.95 Å². The second-order valence-electron chi connectivity index (χ2n) is 7.16. The first-order valence-corrected chi connectivity index (χ1v) is 9.84. The first-order valence-electron chi connectivity index (χ1n) is 9.84. The molecule has 0 spiro atoms. The number of ether oxygens (including phenoxy) is 2. The molecule has 0 radical (unpaired) electrons. The molecule has 0 saturated carbocycles. The van der Waals surface area contributed by atoms with Crippen LogP contribution in [0.3, 0.4) is 0 Å². The molecular formula is C23H26N4O2. The molecule has 4 rings (SSSR count). The summed E-state index contributed by atoms with van der Waals surface area (Å²) in [4.78, 5) is 11.4. The second-order valence-corrected chi connectivity index (χ2v) is 7.16. The third kappa shape index (κ3) is 3.97. The highest BCUT2D eigenvalue weighted by atomic mass is 16.5. The predicted octanol–water partition coefficient (Wildman–Crippen LogP) is 4.23. The number of para-hydroxylation sites is 1. The van der Waals surface area contributed by atoms with E-state index in [4.69, 9.17) is 14.5 Å². The average molecular weight is 390 g/mol. The SMILES string of the molecule is COc1ccc(CCNc2nccc(N3c4ccccc4CC3C)n2)cc1OC. The molecule has 1 N–H and O–H groups in total. The van der Waals surface area contributed by atoms with Crippen LogP contribution in [0, 0.1) is 0 Å². The van der Waals surface area contributed by atoms with Crippen molar-refractivity contribution in [1.82, 2.24) is 9.97 Å². The summed E-state index contributed by atoms with van der Waals surface area (Å²) in [6.45, 7) is 2.96. The van der Waals surface area contributed by atoms with Crippen LogP contribution in [0.1, 0.15) is 18.1 Å². The number of nitrogens with one attached hydrogen (secondary N) is 1. The maximum atomic E-state index is 5.38. The molecule has 2 aromatic carbocycles. The van der Waals surface area contributed by atoms with Crippen LogP contribution in [-0.2, 0) is 12.8 Å². The van der Waals surface area contributed by atoms with Gasteiger partial charge in [0, 0.05) is 24.5 Å². The standard InChI is InChI=1S/C23H26N4O2/c1-16-14-18-6-4-5-7-19(18)27(16)22-11-13-25-23(26-22)24-12-10-17-8-9-20(28-2)21(15-17)29-3/h4-9,11,13,15-16H,10,12,14H2,1-3H3,(H,24,25,26). The predicted molar refractivity (Wildman–Crippen MR) is 116 cm³/mol. The lowest BCUT2D eigenvalue weighted by atomic mass is 10.1. The van der Waals surface area contributed by atoms with E-state index in [2.05, 4.69) is 46.4 Å². The molecular weight excluding hydrogens is 364 g/mol. The van der Waals surface area contributed by atoms with Crippen LogP contribution in [-0.4, -0.2) is 36.8 Å². The molecule has 1 atom stereocenters. The first kappa shape index (κ1) is 19.1. The topological polar surface area (TPSA) is 59.5 Å². The Morgan fingerprint density at radius 2 is 1.90 bits per heavy atom. The molecule has 2 heterocycles. The zero-order valence-electron chi connectivity index (χ0n) is 17.1. The zero-order chi connectivity index (χ0) is 20.2. The van der Waals surface area contributed by atoms with Crippen molar-refractivity contribution in [3.05, 3.63) is 65.9 Å². The van der Waals surface area contributed by atoms with Gasteiger partial charge in [-0.3, -0.25) is 0 Å². The van der Waals surface area contributed by atoms with Crippen LogP contribution in [0.4, 0.5) is 17.5 Å². The van der Waals surface area contributed by atoms with E-state index in [-0.39, 0.29) is 0 Å². The maximum absolute atomic E-state index is 5.38. The molecule has 1 aromatic heterocycles. The van der Waals surface area contributed by atoms with Crippen LogP contribution < -0.4 is 19.7 Å². The molecule has 6 nitrogen and oxygen atoms in total. The summed E-state index contributed by atoms with van der Waals surface area (Å²) < 4.78 is 10.7. The molecule has 1 unspecified atom stereocenters. The van der Waals surface area contributed by atoms with Crippen molar-refractivity contribution in [2.24, 2.45) is 0 Å². The minimum absolute atomic E-state index is 0.377. The van der Waals surface area contributed by atoms with E-state index in [9.17, 15) is 0 Å². The summed E-state index contributed by atoms with van der Waals surface area (Å²) in [5, 5.41) is 3.34. The van der Waals surface area contributed by atoms with Crippen LogP contribution in [0.25, 0.3) is 0 Å². The van der Waals surface area contributed by atoms with Crippen LogP contribution in [0.5, 0.6) is 11.5 Å². The fourth-order valence-corrected chi connectivity index (χ4v) is 3.84. The number of nitrogens with zero attached hydrogens (tertiary/aromatic N) is 3. The lowest BCUT2D eigenvalue weighted by molar-refractivity contribution is 0.354. The molecule has 0 aliphatic carbocycles. The fourth-order valence-electron chi connectivity index (χ4n) is 3.84. The molecule has 0 fully saturated rings. The van der Waals surface area contributed by atoms with Gasteiger partial charge in [-0.05, 0) is 55.2 Å². The number of hydrogen-bond donors (Lipinski definition) is 1. The van der Waals surface area contributed by atoms with Gasteiger partial charge in [-0.15, -0.1) is 0 Å². The van der Waals surface area contributed by atoms with E-state index in [1.165, 1.54) is 11.3 Å². The van der Waals surface area contributed by atoms with Crippen molar-refractivity contribution >= 4 is 17.5 Å². The Balaban J connectivity index is 1.44. The fraction of sp³-hybridized carbons (Fsp3) is 0.304. The van der Waals surface area contributed by atoms with E-state index in [1.54, 1.807) is 14.2 Å². The molecule has 6 heteroatoms. The molecule has 150 valence electrons. The number of rotatable bonds is 7. The molecule has 29 heavy (non-hydrogen) atoms. The van der Waals surface area contributed by atoms with E-state index in [0.717, 1.165) is 42.3 Å². The van der Waals surface area contributed by atoms with Gasteiger partial charge in [0.05, 0.1) is 14.2 Å². The Kier molecular flexibility index (Phi) is 5.51. The van der Waals surface area contributed by atoms with Crippen LogP contribution in [0.15, 0.2) is 54.7 Å². The Hall–Kier alpha value is -3.28. The zero-order valence-corrected chi connectivity index (χ0v) is 17.1. The van der Waals surface area contributed by atoms with E-state index < -0.39 is 0 Å². The quantitative estimate of drug-likeness (QED) is 0.651. The second kappa shape index (κ2) is 8.39. The van der Waals surface area contributed by atoms with Crippen molar-refractivity contribution in [3.63, 3.8) is 0 Å². The van der Waals surface area contributed by atoms with E-state index >= 15 is 0 Å². The van der Waals surface area contributed by atoms with E-state index in [1.807, 2.05) is 30.5 Å². The van der Waals surface area contributed by atoms with Gasteiger partial charge in [0.15, 0.2) is 11.5 Å². The Bertz CT molecular complexity index is 992. The van der Waals surface area contributed by atoms with Gasteiger partial charge in [0.25, 0.3) is 0 Å². The molecule has 3 aromatic rings. The van der Waals surface area contributed by atoms with Gasteiger partial charge in [0.1, 0.15) is 5.82 Å². The molecule has 1 aliphatic rings. The first-order chi connectivity index (χ1) is 14.2. The van der Waals surface area contributed by atoms with Gasteiger partial charge < -0.3 is 19.7 Å². The summed E-state index contributed by atoms with van der Waals surface area (Å²) in [7, 11) is 3.29. The highest BCUT2D eigenvalue weighted by Crippen LogP contribution is 2.37. The Morgan fingerprint density at radius 3 is 2.72 bits per heavy atom. The molecule has 1 aliphatic heterocycles. The summed E-state index contributed by atoms with van der Waals surface area (Å²) in [5.41, 5.74) is 3.75. The van der Waals surface area contributed by atoms with Crippen LogP contribution >= 0.6 is 0 Å². The maximum Gasteiger partial charge on any atom is 0.224 e. The molecule has 0 bridgehead atoms. The number of methoxy groups -OCH3 is 2. The Morgan fingerprint density at radius 1 is 1.07 bits per heavy atom. The molecule has 0 saturated heterocycles. The minimum Gasteiger partial charge on any atom is -0.493 e. The van der Waals surface area contributed by atoms with Gasteiger partial charge in [-0.1, -0.05) is 24.3 Å². The third-order valence-corrected chi connectivity index (χ3v) is 5.24. The third-order valence-electron chi connectivity index (χ3n) is 5.24. The highest BCUT2D eigenvalue weighted by molar-refractivity contribution is 5.69. The number of anilines is 3. The highest BCUT2D eigenvalue weighted by Gasteiger charge is 2.27.